The molecule has 1 aliphatic rings. The highest BCUT2D eigenvalue weighted by atomic mass is 35.5. The van der Waals surface area contributed by atoms with Crippen LogP contribution in [-0.2, 0) is 0 Å². The molecular formula is C15H15ClN2OS. The molecule has 3 nitrogen and oxygen atoms in total. The molecule has 3 rings (SSSR count). The summed E-state index contributed by atoms with van der Waals surface area (Å²) < 4.78 is 0. The number of rotatable bonds is 1. The second kappa shape index (κ2) is 5.62. The zero-order chi connectivity index (χ0) is 14.1. The number of nitrogens with zero attached hydrogens (tertiary/aromatic N) is 2. The Morgan fingerprint density at radius 2 is 2.10 bits per heavy atom. The molecular weight excluding hydrogens is 292 g/mol. The lowest BCUT2D eigenvalue weighted by Gasteiger charge is -2.26. The number of amides is 1. The van der Waals surface area contributed by atoms with Crippen LogP contribution in [0.3, 0.4) is 0 Å². The molecule has 1 amide bonds. The highest BCUT2D eigenvalue weighted by Gasteiger charge is 2.22. The Morgan fingerprint density at radius 1 is 1.35 bits per heavy atom. The Bertz CT molecular complexity index is 668. The normalized spacial score (nSPS) is 15.6. The molecule has 104 valence electrons. The molecule has 1 aliphatic heterocycles. The van der Waals surface area contributed by atoms with Crippen molar-refractivity contribution in [2.75, 3.05) is 24.6 Å². The molecule has 0 radical (unpaired) electrons. The largest absolute Gasteiger partial charge is 0.337 e. The van der Waals surface area contributed by atoms with Crippen LogP contribution in [0, 0.1) is 6.92 Å². The highest BCUT2D eigenvalue weighted by Crippen LogP contribution is 2.28. The zero-order valence-electron chi connectivity index (χ0n) is 11.2. The summed E-state index contributed by atoms with van der Waals surface area (Å²) in [6.45, 7) is 3.57. The lowest BCUT2D eigenvalue weighted by molar-refractivity contribution is 0.0772. The number of fused-ring (bicyclic) bond motifs is 1. The van der Waals surface area contributed by atoms with Crippen molar-refractivity contribution >= 4 is 40.2 Å². The Labute approximate surface area is 127 Å². The smallest absolute Gasteiger partial charge is 0.257 e. The van der Waals surface area contributed by atoms with Crippen molar-refractivity contribution in [2.24, 2.45) is 0 Å². The predicted octanol–water partition coefficient (Wildman–Crippen LogP) is 3.39. The average molecular weight is 307 g/mol. The summed E-state index contributed by atoms with van der Waals surface area (Å²) in [4.78, 5) is 18.8. The number of aromatic nitrogens is 1. The van der Waals surface area contributed by atoms with Crippen LogP contribution < -0.4 is 0 Å². The molecule has 1 saturated heterocycles. The van der Waals surface area contributed by atoms with Gasteiger partial charge in [-0.3, -0.25) is 9.78 Å². The van der Waals surface area contributed by atoms with Crippen LogP contribution in [0.4, 0.5) is 0 Å². The molecule has 2 heterocycles. The molecule has 0 bridgehead atoms. The second-order valence-corrected chi connectivity index (χ2v) is 6.51. The maximum atomic E-state index is 12.5. The maximum absolute atomic E-state index is 12.5. The Kier molecular flexibility index (Phi) is 3.85. The van der Waals surface area contributed by atoms with Crippen LogP contribution >= 0.6 is 23.4 Å². The third-order valence-electron chi connectivity index (χ3n) is 3.49. The Hall–Kier alpha value is -1.26. The van der Waals surface area contributed by atoms with Gasteiger partial charge in [0.05, 0.1) is 16.1 Å². The van der Waals surface area contributed by atoms with E-state index in [0.29, 0.717) is 10.6 Å². The van der Waals surface area contributed by atoms with Crippen molar-refractivity contribution in [1.29, 1.82) is 0 Å². The van der Waals surface area contributed by atoms with E-state index in [2.05, 4.69) is 4.98 Å². The van der Waals surface area contributed by atoms with Crippen LogP contribution in [-0.4, -0.2) is 40.4 Å². The standard InChI is InChI=1S/C15H15ClN2OS/c1-10-2-3-13-11(8-10)14(16)12(9-17-13)15(19)18-4-6-20-7-5-18/h2-3,8-9H,4-7H2,1H3. The van der Waals surface area contributed by atoms with E-state index in [0.717, 1.165) is 41.1 Å². The van der Waals surface area contributed by atoms with Crippen LogP contribution in [0.2, 0.25) is 5.02 Å². The van der Waals surface area contributed by atoms with Gasteiger partial charge in [0.1, 0.15) is 0 Å². The van der Waals surface area contributed by atoms with Gasteiger partial charge in [-0.1, -0.05) is 23.2 Å². The monoisotopic (exact) mass is 306 g/mol. The first kappa shape index (κ1) is 13.7. The number of halogens is 1. The zero-order valence-corrected chi connectivity index (χ0v) is 12.8. The molecule has 2 aromatic rings. The van der Waals surface area contributed by atoms with Crippen LogP contribution in [0.1, 0.15) is 15.9 Å². The molecule has 1 aromatic carbocycles. The van der Waals surface area contributed by atoms with E-state index in [1.54, 1.807) is 6.20 Å². The van der Waals surface area contributed by atoms with Crippen molar-refractivity contribution in [3.05, 3.63) is 40.5 Å². The van der Waals surface area contributed by atoms with E-state index < -0.39 is 0 Å². The van der Waals surface area contributed by atoms with Crippen LogP contribution in [0.5, 0.6) is 0 Å². The third kappa shape index (κ3) is 2.50. The van der Waals surface area contributed by atoms with Crippen LogP contribution in [0.25, 0.3) is 10.9 Å². The Morgan fingerprint density at radius 3 is 2.85 bits per heavy atom. The molecule has 0 N–H and O–H groups in total. The SMILES string of the molecule is Cc1ccc2ncc(C(=O)N3CCSCC3)c(Cl)c2c1. The average Bonchev–Trinajstić information content (AvgIpc) is 2.48. The number of pyridine rings is 1. The summed E-state index contributed by atoms with van der Waals surface area (Å²) >= 11 is 8.31. The number of aryl methyl sites for hydroxylation is 1. The summed E-state index contributed by atoms with van der Waals surface area (Å²) in [6, 6.07) is 5.91. The summed E-state index contributed by atoms with van der Waals surface area (Å²) in [6.07, 6.45) is 1.60. The van der Waals surface area contributed by atoms with Gasteiger partial charge in [0.2, 0.25) is 0 Å². The van der Waals surface area contributed by atoms with Gasteiger partial charge in [-0.2, -0.15) is 11.8 Å². The summed E-state index contributed by atoms with van der Waals surface area (Å²) in [5, 5.41) is 1.37. The first-order valence-electron chi connectivity index (χ1n) is 6.59. The molecule has 0 unspecified atom stereocenters. The molecule has 5 heteroatoms. The molecule has 1 fully saturated rings. The van der Waals surface area contributed by atoms with E-state index in [1.807, 2.05) is 41.8 Å². The molecule has 0 spiro atoms. The molecule has 20 heavy (non-hydrogen) atoms. The van der Waals surface area contributed by atoms with E-state index in [1.165, 1.54) is 0 Å². The lowest BCUT2D eigenvalue weighted by Crippen LogP contribution is -2.38. The van der Waals surface area contributed by atoms with E-state index in [9.17, 15) is 4.79 Å². The highest BCUT2D eigenvalue weighted by molar-refractivity contribution is 7.99. The van der Waals surface area contributed by atoms with E-state index >= 15 is 0 Å². The van der Waals surface area contributed by atoms with Gasteiger partial charge in [-0.25, -0.2) is 0 Å². The lowest BCUT2D eigenvalue weighted by atomic mass is 10.1. The first-order chi connectivity index (χ1) is 9.66. The molecule has 0 atom stereocenters. The Balaban J connectivity index is 2.02. The molecule has 0 aliphatic carbocycles. The van der Waals surface area contributed by atoms with Gasteiger partial charge in [0.25, 0.3) is 5.91 Å². The van der Waals surface area contributed by atoms with Crippen molar-refractivity contribution in [3.63, 3.8) is 0 Å². The van der Waals surface area contributed by atoms with Crippen LogP contribution in [0.15, 0.2) is 24.4 Å². The van der Waals surface area contributed by atoms with E-state index in [-0.39, 0.29) is 5.91 Å². The van der Waals surface area contributed by atoms with Crippen molar-refractivity contribution in [1.82, 2.24) is 9.88 Å². The molecule has 0 saturated carbocycles. The first-order valence-corrected chi connectivity index (χ1v) is 8.12. The van der Waals surface area contributed by atoms with Crippen molar-refractivity contribution in [2.45, 2.75) is 6.92 Å². The number of carbonyl (C=O) groups excluding carboxylic acids is 1. The van der Waals surface area contributed by atoms with Gasteiger partial charge < -0.3 is 4.90 Å². The minimum Gasteiger partial charge on any atom is -0.337 e. The third-order valence-corrected chi connectivity index (χ3v) is 4.84. The summed E-state index contributed by atoms with van der Waals surface area (Å²) in [7, 11) is 0. The maximum Gasteiger partial charge on any atom is 0.257 e. The minimum atomic E-state index is -0.00814. The fourth-order valence-electron chi connectivity index (χ4n) is 2.36. The van der Waals surface area contributed by atoms with Gasteiger partial charge >= 0.3 is 0 Å². The van der Waals surface area contributed by atoms with Gasteiger partial charge in [0, 0.05) is 36.2 Å². The number of benzene rings is 1. The summed E-state index contributed by atoms with van der Waals surface area (Å²) in [5.41, 5.74) is 2.45. The van der Waals surface area contributed by atoms with Crippen molar-refractivity contribution in [3.8, 4) is 0 Å². The number of thioether (sulfide) groups is 1. The van der Waals surface area contributed by atoms with Gasteiger partial charge in [-0.05, 0) is 19.1 Å². The second-order valence-electron chi connectivity index (χ2n) is 4.91. The van der Waals surface area contributed by atoms with Crippen molar-refractivity contribution < 1.29 is 4.79 Å². The fourth-order valence-corrected chi connectivity index (χ4v) is 3.54. The number of hydrogen-bond donors (Lipinski definition) is 0. The predicted molar refractivity (Wildman–Crippen MR) is 84.7 cm³/mol. The van der Waals surface area contributed by atoms with Gasteiger partial charge in [0.15, 0.2) is 0 Å². The topological polar surface area (TPSA) is 33.2 Å². The molecule has 1 aromatic heterocycles. The van der Waals surface area contributed by atoms with Gasteiger partial charge in [-0.15, -0.1) is 0 Å². The fraction of sp³-hybridized carbons (Fsp3) is 0.333. The number of hydrogen-bond acceptors (Lipinski definition) is 3. The minimum absolute atomic E-state index is 0.00814. The quantitative estimate of drug-likeness (QED) is 0.810. The van der Waals surface area contributed by atoms with E-state index in [4.69, 9.17) is 11.6 Å². The number of carbonyl (C=O) groups is 1. The summed E-state index contributed by atoms with van der Waals surface area (Å²) in [5.74, 6) is 1.97.